The summed E-state index contributed by atoms with van der Waals surface area (Å²) in [6.07, 6.45) is 0.0410. The van der Waals surface area contributed by atoms with E-state index in [-0.39, 0.29) is 30.4 Å². The lowest BCUT2D eigenvalue weighted by Gasteiger charge is -2.40. The van der Waals surface area contributed by atoms with Crippen molar-refractivity contribution in [2.24, 2.45) is 0 Å². The molecule has 4 aromatic rings. The van der Waals surface area contributed by atoms with Gasteiger partial charge in [0.05, 0.1) is 6.04 Å². The summed E-state index contributed by atoms with van der Waals surface area (Å²) in [6.45, 7) is 3.75. The SMILES string of the molecule is CCC(=O)N1c2ccc(Cl)cc2[C@H](Nc2ccc(NC(=O)CN(C)C(=O)OC3c4ccccc4-c4ccccc43)cc2)C[C@@H]1C. The van der Waals surface area contributed by atoms with Crippen LogP contribution in [-0.2, 0) is 14.3 Å². The van der Waals surface area contributed by atoms with Crippen molar-refractivity contribution in [1.82, 2.24) is 4.90 Å². The zero-order valence-corrected chi connectivity index (χ0v) is 26.2. The molecule has 0 unspecified atom stereocenters. The molecule has 0 aromatic heterocycles. The van der Waals surface area contributed by atoms with Gasteiger partial charge in [-0.2, -0.15) is 0 Å². The molecule has 3 amide bonds. The van der Waals surface area contributed by atoms with Crippen LogP contribution < -0.4 is 15.5 Å². The number of fused-ring (bicyclic) bond motifs is 4. The maximum atomic E-state index is 13.0. The molecular formula is C36H35ClN4O4. The predicted molar refractivity (Wildman–Crippen MR) is 178 cm³/mol. The van der Waals surface area contributed by atoms with E-state index in [1.807, 2.05) is 103 Å². The van der Waals surface area contributed by atoms with Gasteiger partial charge in [0.15, 0.2) is 6.10 Å². The number of rotatable bonds is 7. The van der Waals surface area contributed by atoms with Crippen molar-refractivity contribution in [3.8, 4) is 11.1 Å². The van der Waals surface area contributed by atoms with Gasteiger partial charge >= 0.3 is 6.09 Å². The number of likely N-dealkylation sites (N-methyl/N-ethyl adjacent to an activating group) is 1. The van der Waals surface area contributed by atoms with Crippen molar-refractivity contribution < 1.29 is 19.1 Å². The average Bonchev–Trinajstić information content (AvgIpc) is 3.35. The van der Waals surface area contributed by atoms with Crippen LogP contribution in [0.3, 0.4) is 0 Å². The van der Waals surface area contributed by atoms with Gasteiger partial charge in [-0.15, -0.1) is 0 Å². The molecular weight excluding hydrogens is 588 g/mol. The Hall–Kier alpha value is -4.82. The van der Waals surface area contributed by atoms with Crippen LogP contribution in [0, 0.1) is 0 Å². The molecule has 2 atom stereocenters. The Balaban J connectivity index is 1.07. The summed E-state index contributed by atoms with van der Waals surface area (Å²) >= 11 is 6.35. The van der Waals surface area contributed by atoms with Crippen molar-refractivity contribution in [2.45, 2.75) is 44.9 Å². The van der Waals surface area contributed by atoms with E-state index >= 15 is 0 Å². The molecule has 9 heteroatoms. The Bertz CT molecular complexity index is 1710. The van der Waals surface area contributed by atoms with Gasteiger partial charge in [0.25, 0.3) is 0 Å². The molecule has 230 valence electrons. The molecule has 1 aliphatic carbocycles. The van der Waals surface area contributed by atoms with E-state index in [2.05, 4.69) is 17.6 Å². The van der Waals surface area contributed by atoms with E-state index in [1.165, 1.54) is 4.90 Å². The summed E-state index contributed by atoms with van der Waals surface area (Å²) in [5.74, 6) is -0.259. The standard InChI is InChI=1S/C36H35ClN4O4/c1-4-34(43)41-22(2)19-31(30-20-23(37)13-18-32(30)41)38-24-14-16-25(17-15-24)39-33(42)21-40(3)36(44)45-35-28-11-7-5-9-26(28)27-10-6-8-12-29(27)35/h5-18,20,22,31,35,38H,4,19,21H2,1-3H3,(H,39,42)/t22-,31+/m0/s1. The van der Waals surface area contributed by atoms with Crippen LogP contribution in [0.15, 0.2) is 91.0 Å². The second-order valence-electron chi connectivity index (χ2n) is 11.5. The minimum atomic E-state index is -0.581. The highest BCUT2D eigenvalue weighted by Gasteiger charge is 2.34. The number of ether oxygens (including phenoxy) is 1. The Morgan fingerprint density at radius 1 is 0.889 bits per heavy atom. The maximum Gasteiger partial charge on any atom is 0.410 e. The van der Waals surface area contributed by atoms with E-state index in [0.29, 0.717) is 17.1 Å². The third-order valence-electron chi connectivity index (χ3n) is 8.41. The van der Waals surface area contributed by atoms with Gasteiger partial charge in [0.1, 0.15) is 6.54 Å². The first-order valence-corrected chi connectivity index (χ1v) is 15.5. The maximum absolute atomic E-state index is 13.0. The van der Waals surface area contributed by atoms with Crippen molar-refractivity contribution in [3.05, 3.63) is 113 Å². The largest absolute Gasteiger partial charge is 0.436 e. The lowest BCUT2D eigenvalue weighted by Crippen LogP contribution is -2.44. The Labute approximate surface area is 267 Å². The normalized spacial score (nSPS) is 16.7. The summed E-state index contributed by atoms with van der Waals surface area (Å²) in [6, 6.07) is 28.8. The molecule has 0 saturated carbocycles. The quantitative estimate of drug-likeness (QED) is 0.219. The van der Waals surface area contributed by atoms with E-state index in [9.17, 15) is 14.4 Å². The first kappa shape index (κ1) is 30.2. The van der Waals surface area contributed by atoms with E-state index in [4.69, 9.17) is 16.3 Å². The fourth-order valence-electron chi connectivity index (χ4n) is 6.28. The highest BCUT2D eigenvalue weighted by Crippen LogP contribution is 2.45. The van der Waals surface area contributed by atoms with Gasteiger partial charge in [-0.05, 0) is 72.5 Å². The van der Waals surface area contributed by atoms with Gasteiger partial charge in [0, 0.05) is 52.7 Å². The van der Waals surface area contributed by atoms with Crippen molar-refractivity contribution >= 4 is 46.6 Å². The first-order chi connectivity index (χ1) is 21.7. The van der Waals surface area contributed by atoms with Gasteiger partial charge in [-0.1, -0.05) is 67.1 Å². The molecule has 1 aliphatic heterocycles. The molecule has 1 heterocycles. The molecule has 0 spiro atoms. The van der Waals surface area contributed by atoms with Crippen molar-refractivity contribution in [3.63, 3.8) is 0 Å². The summed E-state index contributed by atoms with van der Waals surface area (Å²) in [5, 5.41) is 7.04. The molecule has 4 aromatic carbocycles. The highest BCUT2D eigenvalue weighted by atomic mass is 35.5. The van der Waals surface area contributed by atoms with E-state index in [0.717, 1.165) is 45.6 Å². The highest BCUT2D eigenvalue weighted by molar-refractivity contribution is 6.30. The summed E-state index contributed by atoms with van der Waals surface area (Å²) in [7, 11) is 1.55. The minimum Gasteiger partial charge on any atom is -0.436 e. The Morgan fingerprint density at radius 2 is 1.51 bits per heavy atom. The number of hydrogen-bond donors (Lipinski definition) is 2. The van der Waals surface area contributed by atoms with Crippen molar-refractivity contribution in [2.75, 3.05) is 29.1 Å². The lowest BCUT2D eigenvalue weighted by molar-refractivity contribution is -0.119. The number of carbonyl (C=O) groups excluding carboxylic acids is 3. The molecule has 6 rings (SSSR count). The number of nitrogens with zero attached hydrogens (tertiary/aromatic N) is 2. The monoisotopic (exact) mass is 622 g/mol. The van der Waals surface area contributed by atoms with Crippen LogP contribution in [0.1, 0.15) is 55.5 Å². The fourth-order valence-corrected chi connectivity index (χ4v) is 6.46. The molecule has 2 N–H and O–H groups in total. The van der Waals surface area contributed by atoms with Crippen LogP contribution in [0.25, 0.3) is 11.1 Å². The molecule has 0 bridgehead atoms. The van der Waals surface area contributed by atoms with E-state index < -0.39 is 12.2 Å². The fraction of sp³-hybridized carbons (Fsp3) is 0.250. The van der Waals surface area contributed by atoms with E-state index in [1.54, 1.807) is 7.05 Å². The minimum absolute atomic E-state index is 0.0176. The van der Waals surface area contributed by atoms with Gasteiger partial charge in [-0.25, -0.2) is 4.79 Å². The van der Waals surface area contributed by atoms with Crippen LogP contribution >= 0.6 is 11.6 Å². The van der Waals surface area contributed by atoms with Gasteiger partial charge in [-0.3, -0.25) is 9.59 Å². The molecule has 2 aliphatic rings. The molecule has 0 radical (unpaired) electrons. The van der Waals surface area contributed by atoms with Crippen LogP contribution in [0.2, 0.25) is 5.02 Å². The molecule has 0 saturated heterocycles. The summed E-state index contributed by atoms with van der Waals surface area (Å²) < 4.78 is 5.90. The third-order valence-corrected chi connectivity index (χ3v) is 8.65. The second kappa shape index (κ2) is 12.7. The Morgan fingerprint density at radius 3 is 2.16 bits per heavy atom. The van der Waals surface area contributed by atoms with Crippen molar-refractivity contribution in [1.29, 1.82) is 0 Å². The smallest absolute Gasteiger partial charge is 0.410 e. The molecule has 0 fully saturated rings. The number of amides is 3. The first-order valence-electron chi connectivity index (χ1n) is 15.1. The molecule has 8 nitrogen and oxygen atoms in total. The number of nitrogens with one attached hydrogen (secondary N) is 2. The summed E-state index contributed by atoms with van der Waals surface area (Å²) in [5.41, 5.74) is 7.26. The third kappa shape index (κ3) is 6.11. The zero-order chi connectivity index (χ0) is 31.7. The summed E-state index contributed by atoms with van der Waals surface area (Å²) in [4.78, 5) is 41.7. The van der Waals surface area contributed by atoms with Crippen LogP contribution in [-0.4, -0.2) is 42.4 Å². The van der Waals surface area contributed by atoms with Gasteiger partial charge in [0.2, 0.25) is 11.8 Å². The number of halogens is 1. The predicted octanol–water partition coefficient (Wildman–Crippen LogP) is 7.81. The second-order valence-corrected chi connectivity index (χ2v) is 12.0. The van der Waals surface area contributed by atoms with Crippen LogP contribution in [0.4, 0.5) is 21.9 Å². The van der Waals surface area contributed by atoms with Crippen LogP contribution in [0.5, 0.6) is 0 Å². The Kier molecular flexibility index (Phi) is 8.50. The number of carbonyl (C=O) groups is 3. The number of benzene rings is 4. The molecule has 45 heavy (non-hydrogen) atoms. The lowest BCUT2D eigenvalue weighted by atomic mass is 9.91. The zero-order valence-electron chi connectivity index (χ0n) is 25.4. The topological polar surface area (TPSA) is 91.0 Å². The van der Waals surface area contributed by atoms with Gasteiger partial charge < -0.3 is 25.2 Å². The number of anilines is 3. The average molecular weight is 623 g/mol. The number of hydrogen-bond acceptors (Lipinski definition) is 5.